The van der Waals surface area contributed by atoms with Gasteiger partial charge in [0, 0.05) is 24.7 Å². The average Bonchev–Trinajstić information content (AvgIpc) is 2.53. The fraction of sp³-hybridized carbons (Fsp3) is 0.438. The van der Waals surface area contributed by atoms with Crippen LogP contribution in [0.25, 0.3) is 10.8 Å². The summed E-state index contributed by atoms with van der Waals surface area (Å²) in [5.41, 5.74) is 5.83. The van der Waals surface area contributed by atoms with Crippen molar-refractivity contribution in [1.29, 1.82) is 0 Å². The number of hydrogen-bond donors (Lipinski definition) is 1. The number of aromatic nitrogens is 1. The molecule has 1 aliphatic heterocycles. The van der Waals surface area contributed by atoms with Gasteiger partial charge in [0.25, 0.3) is 0 Å². The number of benzene rings is 1. The van der Waals surface area contributed by atoms with Crippen LogP contribution in [0.1, 0.15) is 12.8 Å². The van der Waals surface area contributed by atoms with E-state index in [1.165, 1.54) is 18.2 Å². The van der Waals surface area contributed by atoms with Crippen molar-refractivity contribution in [1.82, 2.24) is 4.98 Å². The predicted molar refractivity (Wildman–Crippen MR) is 82.3 cm³/mol. The molecule has 4 nitrogen and oxygen atoms in total. The van der Waals surface area contributed by atoms with Crippen LogP contribution in [0.2, 0.25) is 0 Å². The van der Waals surface area contributed by atoms with E-state index in [1.807, 2.05) is 18.3 Å². The summed E-state index contributed by atoms with van der Waals surface area (Å²) in [7, 11) is 1.70. The maximum absolute atomic E-state index is 5.83. The predicted octanol–water partition coefficient (Wildman–Crippen LogP) is 2.42. The standard InChI is InChI=1S/C16H21N3O/c1-20-14-5-4-13-6-7-18-16(15(13)9-14)19-8-2-3-12(10-17)11-19/h4-7,9,12H,2-3,8,10-11,17H2,1H3. The van der Waals surface area contributed by atoms with Crippen LogP contribution in [0.3, 0.4) is 0 Å². The molecule has 1 atom stereocenters. The summed E-state index contributed by atoms with van der Waals surface area (Å²) in [6, 6.07) is 8.20. The van der Waals surface area contributed by atoms with Crippen LogP contribution < -0.4 is 15.4 Å². The maximum Gasteiger partial charge on any atom is 0.136 e. The number of pyridine rings is 1. The fourth-order valence-electron chi connectivity index (χ4n) is 2.96. The number of hydrogen-bond acceptors (Lipinski definition) is 4. The van der Waals surface area contributed by atoms with Crippen LogP contribution in [0, 0.1) is 5.92 Å². The lowest BCUT2D eigenvalue weighted by atomic mass is 9.98. The highest BCUT2D eigenvalue weighted by Gasteiger charge is 2.21. The number of methoxy groups -OCH3 is 1. The van der Waals surface area contributed by atoms with Gasteiger partial charge in [-0.2, -0.15) is 0 Å². The molecule has 3 rings (SSSR count). The Labute approximate surface area is 119 Å². The number of anilines is 1. The molecule has 0 amide bonds. The van der Waals surface area contributed by atoms with E-state index in [4.69, 9.17) is 10.5 Å². The summed E-state index contributed by atoms with van der Waals surface area (Å²) in [5, 5.41) is 2.36. The van der Waals surface area contributed by atoms with Gasteiger partial charge < -0.3 is 15.4 Å². The van der Waals surface area contributed by atoms with Gasteiger partial charge in [-0.25, -0.2) is 4.98 Å². The van der Waals surface area contributed by atoms with Crippen molar-refractivity contribution in [2.24, 2.45) is 11.7 Å². The molecule has 20 heavy (non-hydrogen) atoms. The molecular formula is C16H21N3O. The second-order valence-electron chi connectivity index (χ2n) is 5.41. The third-order valence-electron chi connectivity index (χ3n) is 4.10. The minimum absolute atomic E-state index is 0.575. The highest BCUT2D eigenvalue weighted by atomic mass is 16.5. The molecule has 1 aromatic heterocycles. The van der Waals surface area contributed by atoms with Crippen molar-refractivity contribution in [3.63, 3.8) is 0 Å². The van der Waals surface area contributed by atoms with Crippen molar-refractivity contribution in [3.05, 3.63) is 30.5 Å². The largest absolute Gasteiger partial charge is 0.497 e. The van der Waals surface area contributed by atoms with E-state index in [-0.39, 0.29) is 0 Å². The minimum Gasteiger partial charge on any atom is -0.497 e. The number of fused-ring (bicyclic) bond motifs is 1. The monoisotopic (exact) mass is 271 g/mol. The smallest absolute Gasteiger partial charge is 0.136 e. The quantitative estimate of drug-likeness (QED) is 0.931. The SMILES string of the molecule is COc1ccc2ccnc(N3CCCC(CN)C3)c2c1. The van der Waals surface area contributed by atoms with Crippen molar-refractivity contribution < 1.29 is 4.74 Å². The summed E-state index contributed by atoms with van der Waals surface area (Å²) in [5.74, 6) is 2.50. The molecule has 1 aliphatic rings. The summed E-state index contributed by atoms with van der Waals surface area (Å²) in [6.07, 6.45) is 4.29. The van der Waals surface area contributed by atoms with Gasteiger partial charge in [-0.05, 0) is 48.9 Å². The molecule has 2 heterocycles. The topological polar surface area (TPSA) is 51.4 Å². The lowest BCUT2D eigenvalue weighted by Gasteiger charge is -2.33. The zero-order valence-corrected chi connectivity index (χ0v) is 11.9. The van der Waals surface area contributed by atoms with Crippen LogP contribution in [0.5, 0.6) is 5.75 Å². The molecule has 0 aliphatic carbocycles. The van der Waals surface area contributed by atoms with Gasteiger partial charge in [0.2, 0.25) is 0 Å². The Kier molecular flexibility index (Phi) is 3.74. The van der Waals surface area contributed by atoms with Gasteiger partial charge in [-0.3, -0.25) is 0 Å². The fourth-order valence-corrected chi connectivity index (χ4v) is 2.96. The average molecular weight is 271 g/mol. The lowest BCUT2D eigenvalue weighted by Crippen LogP contribution is -2.38. The first kappa shape index (κ1) is 13.2. The molecule has 1 unspecified atom stereocenters. The zero-order valence-electron chi connectivity index (χ0n) is 11.9. The van der Waals surface area contributed by atoms with Gasteiger partial charge >= 0.3 is 0 Å². The molecule has 0 saturated carbocycles. The highest BCUT2D eigenvalue weighted by molar-refractivity contribution is 5.93. The Morgan fingerprint density at radius 1 is 1.40 bits per heavy atom. The van der Waals surface area contributed by atoms with Gasteiger partial charge in [-0.15, -0.1) is 0 Å². The van der Waals surface area contributed by atoms with E-state index in [0.29, 0.717) is 5.92 Å². The van der Waals surface area contributed by atoms with E-state index in [1.54, 1.807) is 7.11 Å². The second kappa shape index (κ2) is 5.67. The molecule has 0 spiro atoms. The maximum atomic E-state index is 5.83. The molecule has 1 fully saturated rings. The van der Waals surface area contributed by atoms with Crippen LogP contribution in [0.15, 0.2) is 30.5 Å². The van der Waals surface area contributed by atoms with E-state index in [2.05, 4.69) is 22.0 Å². The Morgan fingerprint density at radius 2 is 2.30 bits per heavy atom. The van der Waals surface area contributed by atoms with Crippen molar-refractivity contribution in [2.45, 2.75) is 12.8 Å². The van der Waals surface area contributed by atoms with Crippen LogP contribution in [-0.4, -0.2) is 31.7 Å². The van der Waals surface area contributed by atoms with E-state index in [0.717, 1.165) is 36.6 Å². The van der Waals surface area contributed by atoms with Crippen LogP contribution in [-0.2, 0) is 0 Å². The molecule has 1 aromatic carbocycles. The number of rotatable bonds is 3. The third-order valence-corrected chi connectivity index (χ3v) is 4.10. The molecule has 2 aromatic rings. The molecule has 0 bridgehead atoms. The summed E-state index contributed by atoms with van der Waals surface area (Å²) in [6.45, 7) is 2.81. The molecular weight excluding hydrogens is 250 g/mol. The zero-order chi connectivity index (χ0) is 13.9. The molecule has 106 valence electrons. The summed E-state index contributed by atoms with van der Waals surface area (Å²) >= 11 is 0. The van der Waals surface area contributed by atoms with E-state index >= 15 is 0 Å². The van der Waals surface area contributed by atoms with Crippen molar-refractivity contribution in [2.75, 3.05) is 31.6 Å². The van der Waals surface area contributed by atoms with Gasteiger partial charge in [-0.1, -0.05) is 6.07 Å². The normalized spacial score (nSPS) is 19.3. The van der Waals surface area contributed by atoms with Crippen molar-refractivity contribution >= 4 is 16.6 Å². The second-order valence-corrected chi connectivity index (χ2v) is 5.41. The Bertz CT molecular complexity index is 599. The van der Waals surface area contributed by atoms with Gasteiger partial charge in [0.05, 0.1) is 7.11 Å². The summed E-state index contributed by atoms with van der Waals surface area (Å²) < 4.78 is 5.34. The first-order valence-electron chi connectivity index (χ1n) is 7.19. The Balaban J connectivity index is 2.01. The van der Waals surface area contributed by atoms with Gasteiger partial charge in [0.1, 0.15) is 11.6 Å². The lowest BCUT2D eigenvalue weighted by molar-refractivity contribution is 0.415. The molecule has 4 heteroatoms. The van der Waals surface area contributed by atoms with Gasteiger partial charge in [0.15, 0.2) is 0 Å². The van der Waals surface area contributed by atoms with E-state index < -0.39 is 0 Å². The number of piperidine rings is 1. The minimum atomic E-state index is 0.575. The Hall–Kier alpha value is -1.81. The number of nitrogens with zero attached hydrogens (tertiary/aromatic N) is 2. The van der Waals surface area contributed by atoms with Crippen LogP contribution >= 0.6 is 0 Å². The highest BCUT2D eigenvalue weighted by Crippen LogP contribution is 2.30. The number of nitrogens with two attached hydrogens (primary N) is 1. The van der Waals surface area contributed by atoms with Crippen molar-refractivity contribution in [3.8, 4) is 5.75 Å². The molecule has 0 radical (unpaired) electrons. The third kappa shape index (κ3) is 2.43. The number of ether oxygens (including phenoxy) is 1. The van der Waals surface area contributed by atoms with E-state index in [9.17, 15) is 0 Å². The molecule has 2 N–H and O–H groups in total. The first-order valence-corrected chi connectivity index (χ1v) is 7.19. The molecule has 1 saturated heterocycles. The first-order chi connectivity index (χ1) is 9.81. The Morgan fingerprint density at radius 3 is 3.10 bits per heavy atom. The summed E-state index contributed by atoms with van der Waals surface area (Å²) in [4.78, 5) is 6.97. The van der Waals surface area contributed by atoms with Crippen LogP contribution in [0.4, 0.5) is 5.82 Å².